The van der Waals surface area contributed by atoms with E-state index in [4.69, 9.17) is 0 Å². The van der Waals surface area contributed by atoms with Gasteiger partial charge < -0.3 is 10.4 Å². The molecule has 2 aromatic rings. The maximum absolute atomic E-state index is 12.2. The molecule has 1 atom stereocenters. The van der Waals surface area contributed by atoms with E-state index in [-0.39, 0.29) is 11.7 Å². The van der Waals surface area contributed by atoms with Crippen molar-refractivity contribution in [2.75, 3.05) is 12.3 Å². The van der Waals surface area contributed by atoms with Crippen LogP contribution in [0.3, 0.4) is 0 Å². The number of hydrogen-bond donors (Lipinski definition) is 2. The van der Waals surface area contributed by atoms with Crippen LogP contribution in [-0.2, 0) is 0 Å². The van der Waals surface area contributed by atoms with Crippen LogP contribution in [0.5, 0.6) is 5.75 Å². The molecule has 1 fully saturated rings. The first-order valence-corrected chi connectivity index (χ1v) is 7.91. The van der Waals surface area contributed by atoms with Crippen molar-refractivity contribution in [1.29, 1.82) is 0 Å². The summed E-state index contributed by atoms with van der Waals surface area (Å²) in [5, 5.41) is 15.3. The van der Waals surface area contributed by atoms with E-state index in [1.54, 1.807) is 6.07 Å². The van der Waals surface area contributed by atoms with Crippen molar-refractivity contribution < 1.29 is 9.90 Å². The first-order valence-electron chi connectivity index (χ1n) is 6.86. The topological polar surface area (TPSA) is 49.3 Å². The Morgan fingerprint density at radius 2 is 2.15 bits per heavy atom. The molecule has 3 nitrogen and oxygen atoms in total. The molecule has 1 aliphatic rings. The van der Waals surface area contributed by atoms with E-state index in [1.165, 1.54) is 12.2 Å². The Balaban J connectivity index is 1.78. The van der Waals surface area contributed by atoms with Gasteiger partial charge in [-0.3, -0.25) is 4.79 Å². The van der Waals surface area contributed by atoms with Crippen LogP contribution in [0.2, 0.25) is 0 Å². The van der Waals surface area contributed by atoms with Gasteiger partial charge >= 0.3 is 0 Å². The van der Waals surface area contributed by atoms with Crippen LogP contribution in [0.25, 0.3) is 10.8 Å². The molecule has 0 bridgehead atoms. The summed E-state index contributed by atoms with van der Waals surface area (Å²) in [7, 11) is 0. The third kappa shape index (κ3) is 2.61. The van der Waals surface area contributed by atoms with E-state index in [9.17, 15) is 9.90 Å². The molecule has 1 heterocycles. The van der Waals surface area contributed by atoms with Crippen molar-refractivity contribution >= 4 is 28.4 Å². The predicted molar refractivity (Wildman–Crippen MR) is 83.4 cm³/mol. The molecular weight excluding hydrogens is 270 g/mol. The predicted octanol–water partition coefficient (Wildman–Crippen LogP) is 3.17. The molecule has 2 N–H and O–H groups in total. The lowest BCUT2D eigenvalue weighted by atomic mass is 10.0. The standard InChI is InChI=1S/C16H17NO2S/c18-15-13-6-2-1-4-11(13)7-8-14(15)16(19)17-10-12-5-3-9-20-12/h1-2,4,6-8,12,18H,3,5,9-10H2,(H,17,19). The fraction of sp³-hybridized carbons (Fsp3) is 0.312. The van der Waals surface area contributed by atoms with Crippen LogP contribution in [0.1, 0.15) is 23.2 Å². The fourth-order valence-electron chi connectivity index (χ4n) is 2.55. The van der Waals surface area contributed by atoms with Crippen LogP contribution in [0.15, 0.2) is 36.4 Å². The van der Waals surface area contributed by atoms with Gasteiger partial charge in [0.2, 0.25) is 0 Å². The smallest absolute Gasteiger partial charge is 0.255 e. The van der Waals surface area contributed by atoms with Gasteiger partial charge in [0.05, 0.1) is 5.56 Å². The number of hydrogen-bond acceptors (Lipinski definition) is 3. The average molecular weight is 287 g/mol. The Labute approximate surface area is 122 Å². The molecule has 1 amide bonds. The number of thioether (sulfide) groups is 1. The average Bonchev–Trinajstić information content (AvgIpc) is 2.99. The Morgan fingerprint density at radius 1 is 1.30 bits per heavy atom. The molecule has 3 rings (SSSR count). The van der Waals surface area contributed by atoms with E-state index >= 15 is 0 Å². The molecule has 1 saturated heterocycles. The highest BCUT2D eigenvalue weighted by Gasteiger charge is 2.18. The highest BCUT2D eigenvalue weighted by Crippen LogP contribution is 2.29. The zero-order chi connectivity index (χ0) is 13.9. The summed E-state index contributed by atoms with van der Waals surface area (Å²) in [5.41, 5.74) is 0.353. The zero-order valence-corrected chi connectivity index (χ0v) is 12.0. The fourth-order valence-corrected chi connectivity index (χ4v) is 3.75. The number of carbonyl (C=O) groups is 1. The largest absolute Gasteiger partial charge is 0.506 e. The summed E-state index contributed by atoms with van der Waals surface area (Å²) in [6.07, 6.45) is 2.39. The highest BCUT2D eigenvalue weighted by atomic mass is 32.2. The van der Waals surface area contributed by atoms with Crippen molar-refractivity contribution in [3.05, 3.63) is 42.0 Å². The molecule has 1 unspecified atom stereocenters. The van der Waals surface area contributed by atoms with Crippen molar-refractivity contribution in [2.24, 2.45) is 0 Å². The van der Waals surface area contributed by atoms with Gasteiger partial charge in [0.15, 0.2) is 0 Å². The van der Waals surface area contributed by atoms with E-state index in [1.807, 2.05) is 42.1 Å². The third-order valence-corrected chi connectivity index (χ3v) is 5.06. The molecule has 0 aliphatic carbocycles. The maximum atomic E-state index is 12.2. The summed E-state index contributed by atoms with van der Waals surface area (Å²) in [5.74, 6) is 1.06. The Morgan fingerprint density at radius 3 is 2.95 bits per heavy atom. The van der Waals surface area contributed by atoms with Gasteiger partial charge in [-0.1, -0.05) is 30.3 Å². The lowest BCUT2D eigenvalue weighted by Gasteiger charge is -2.12. The minimum Gasteiger partial charge on any atom is -0.506 e. The number of amides is 1. The normalized spacial score (nSPS) is 18.3. The first kappa shape index (κ1) is 13.3. The van der Waals surface area contributed by atoms with Crippen molar-refractivity contribution in [3.63, 3.8) is 0 Å². The summed E-state index contributed by atoms with van der Waals surface area (Å²) >= 11 is 1.91. The number of carbonyl (C=O) groups excluding carboxylic acids is 1. The molecular formula is C16H17NO2S. The molecule has 0 radical (unpaired) electrons. The van der Waals surface area contributed by atoms with Gasteiger partial charge in [-0.25, -0.2) is 0 Å². The minimum absolute atomic E-state index is 0.0691. The summed E-state index contributed by atoms with van der Waals surface area (Å²) in [4.78, 5) is 12.2. The highest BCUT2D eigenvalue weighted by molar-refractivity contribution is 8.00. The third-order valence-electron chi connectivity index (χ3n) is 3.66. The Hall–Kier alpha value is -1.68. The number of aromatic hydroxyl groups is 1. The van der Waals surface area contributed by atoms with Crippen molar-refractivity contribution in [1.82, 2.24) is 5.32 Å². The van der Waals surface area contributed by atoms with Gasteiger partial charge in [-0.15, -0.1) is 0 Å². The van der Waals surface area contributed by atoms with Crippen LogP contribution < -0.4 is 5.32 Å². The monoisotopic (exact) mass is 287 g/mol. The van der Waals surface area contributed by atoms with E-state index in [0.717, 1.165) is 17.2 Å². The van der Waals surface area contributed by atoms with Crippen LogP contribution in [0, 0.1) is 0 Å². The SMILES string of the molecule is O=C(NCC1CCCS1)c1ccc2ccccc2c1O. The Bertz CT molecular complexity index is 635. The number of nitrogens with one attached hydrogen (secondary N) is 1. The molecule has 104 valence electrons. The molecule has 20 heavy (non-hydrogen) atoms. The van der Waals surface area contributed by atoms with Crippen LogP contribution >= 0.6 is 11.8 Å². The first-order chi connectivity index (χ1) is 9.75. The Kier molecular flexibility index (Phi) is 3.83. The van der Waals surface area contributed by atoms with E-state index < -0.39 is 0 Å². The van der Waals surface area contributed by atoms with Crippen LogP contribution in [-0.4, -0.2) is 28.6 Å². The lowest BCUT2D eigenvalue weighted by Crippen LogP contribution is -2.29. The second-order valence-corrected chi connectivity index (χ2v) is 6.44. The molecule has 2 aromatic carbocycles. The van der Waals surface area contributed by atoms with Crippen molar-refractivity contribution in [2.45, 2.75) is 18.1 Å². The maximum Gasteiger partial charge on any atom is 0.255 e. The van der Waals surface area contributed by atoms with E-state index in [2.05, 4.69) is 5.32 Å². The second kappa shape index (κ2) is 5.75. The molecule has 0 saturated carbocycles. The van der Waals surface area contributed by atoms with Crippen LogP contribution in [0.4, 0.5) is 0 Å². The quantitative estimate of drug-likeness (QED) is 0.911. The van der Waals surface area contributed by atoms with Crippen molar-refractivity contribution in [3.8, 4) is 5.75 Å². The number of rotatable bonds is 3. The summed E-state index contributed by atoms with van der Waals surface area (Å²) in [6.45, 7) is 0.676. The molecule has 1 aliphatic heterocycles. The van der Waals surface area contributed by atoms with E-state index in [0.29, 0.717) is 17.4 Å². The minimum atomic E-state index is -0.194. The van der Waals surface area contributed by atoms with Gasteiger partial charge in [0.1, 0.15) is 5.75 Å². The second-order valence-electron chi connectivity index (χ2n) is 5.03. The number of fused-ring (bicyclic) bond motifs is 1. The molecule has 0 spiro atoms. The van der Waals surface area contributed by atoms with Gasteiger partial charge in [-0.2, -0.15) is 11.8 Å². The number of benzene rings is 2. The number of phenolic OH excluding ortho intramolecular Hbond substituents is 1. The summed E-state index contributed by atoms with van der Waals surface area (Å²) in [6, 6.07) is 11.1. The van der Waals surface area contributed by atoms with Gasteiger partial charge in [-0.05, 0) is 30.0 Å². The molecule has 4 heteroatoms. The number of phenols is 1. The van der Waals surface area contributed by atoms with Gasteiger partial charge in [0.25, 0.3) is 5.91 Å². The van der Waals surface area contributed by atoms with Gasteiger partial charge in [0, 0.05) is 17.2 Å². The lowest BCUT2D eigenvalue weighted by molar-refractivity contribution is 0.0951. The zero-order valence-electron chi connectivity index (χ0n) is 11.1. The molecule has 0 aromatic heterocycles. The summed E-state index contributed by atoms with van der Waals surface area (Å²) < 4.78 is 0.